The molecule has 0 radical (unpaired) electrons. The predicted molar refractivity (Wildman–Crippen MR) is 129 cm³/mol. The molecule has 0 amide bonds. The Morgan fingerprint density at radius 2 is 1.82 bits per heavy atom. The molecule has 2 aliphatic heterocycles. The van der Waals surface area contributed by atoms with Crippen molar-refractivity contribution < 1.29 is 4.74 Å². The van der Waals surface area contributed by atoms with Gasteiger partial charge in [0.15, 0.2) is 0 Å². The van der Waals surface area contributed by atoms with Gasteiger partial charge in [-0.1, -0.05) is 30.2 Å². The summed E-state index contributed by atoms with van der Waals surface area (Å²) in [5, 5.41) is 0.704. The third-order valence-electron chi connectivity index (χ3n) is 6.28. The second-order valence-corrected chi connectivity index (χ2v) is 8.90. The molecule has 0 aliphatic carbocycles. The molecule has 172 valence electrons. The number of nitrogens with zero attached hydrogens (tertiary/aromatic N) is 6. The Bertz CT molecular complexity index is 1090. The fourth-order valence-corrected chi connectivity index (χ4v) is 4.73. The lowest BCUT2D eigenvalue weighted by molar-refractivity contribution is 0.121. The van der Waals surface area contributed by atoms with E-state index in [1.165, 1.54) is 0 Å². The van der Waals surface area contributed by atoms with Crippen molar-refractivity contribution in [3.63, 3.8) is 0 Å². The van der Waals surface area contributed by atoms with Crippen molar-refractivity contribution >= 4 is 23.5 Å². The van der Waals surface area contributed by atoms with Gasteiger partial charge in [0.05, 0.1) is 30.6 Å². The highest BCUT2D eigenvalue weighted by Gasteiger charge is 2.29. The fraction of sp³-hybridized carbons (Fsp3) is 0.417. The third-order valence-corrected chi connectivity index (χ3v) is 6.53. The van der Waals surface area contributed by atoms with Gasteiger partial charge in [0.25, 0.3) is 0 Å². The first-order chi connectivity index (χ1) is 16.2. The second-order valence-electron chi connectivity index (χ2n) is 8.46. The summed E-state index contributed by atoms with van der Waals surface area (Å²) in [6, 6.07) is 9.94. The minimum atomic E-state index is 0.136. The normalized spacial score (nSPS) is 19.5. The summed E-state index contributed by atoms with van der Waals surface area (Å²) in [5.74, 6) is 1.07. The van der Waals surface area contributed by atoms with Gasteiger partial charge in [0, 0.05) is 42.6 Å². The Kier molecular flexibility index (Phi) is 6.66. The van der Waals surface area contributed by atoms with Crippen molar-refractivity contribution in [2.24, 2.45) is 0 Å². The van der Waals surface area contributed by atoms with E-state index in [4.69, 9.17) is 32.0 Å². The maximum atomic E-state index is 6.11. The molecule has 33 heavy (non-hydrogen) atoms. The first-order valence-electron chi connectivity index (χ1n) is 11.4. The number of benzene rings is 1. The summed E-state index contributed by atoms with van der Waals surface area (Å²) in [4.78, 5) is 23.0. The van der Waals surface area contributed by atoms with Crippen LogP contribution >= 0.6 is 11.6 Å². The van der Waals surface area contributed by atoms with Crippen LogP contribution in [0.3, 0.4) is 0 Å². The predicted octanol–water partition coefficient (Wildman–Crippen LogP) is 3.73. The zero-order valence-electron chi connectivity index (χ0n) is 18.5. The number of halogens is 1. The monoisotopic (exact) mass is 465 g/mol. The minimum absolute atomic E-state index is 0.136. The zero-order valence-corrected chi connectivity index (χ0v) is 19.3. The third kappa shape index (κ3) is 5.08. The van der Waals surface area contributed by atoms with E-state index >= 15 is 0 Å². The van der Waals surface area contributed by atoms with E-state index < -0.39 is 0 Å². The number of nitrogens with two attached hydrogens (primary N) is 1. The molecule has 2 aliphatic rings. The van der Waals surface area contributed by atoms with E-state index in [0.717, 1.165) is 73.9 Å². The van der Waals surface area contributed by atoms with Crippen LogP contribution in [0.15, 0.2) is 42.7 Å². The zero-order chi connectivity index (χ0) is 22.6. The van der Waals surface area contributed by atoms with Crippen molar-refractivity contribution in [3.05, 3.63) is 59.1 Å². The topological polar surface area (TPSA) is 93.3 Å². The van der Waals surface area contributed by atoms with Gasteiger partial charge in [-0.3, -0.25) is 4.90 Å². The molecular weight excluding hydrogens is 438 g/mol. The molecule has 0 saturated carbocycles. The number of nitrogen functional groups attached to an aromatic ring is 1. The molecule has 4 heterocycles. The fourth-order valence-electron chi connectivity index (χ4n) is 4.60. The Morgan fingerprint density at radius 3 is 2.64 bits per heavy atom. The number of rotatable bonds is 5. The van der Waals surface area contributed by atoms with Gasteiger partial charge in [-0.05, 0) is 43.1 Å². The van der Waals surface area contributed by atoms with Crippen molar-refractivity contribution in [1.82, 2.24) is 24.8 Å². The van der Waals surface area contributed by atoms with Crippen molar-refractivity contribution in [3.8, 4) is 11.1 Å². The maximum absolute atomic E-state index is 6.11. The van der Waals surface area contributed by atoms with Crippen molar-refractivity contribution in [2.75, 3.05) is 43.5 Å². The molecule has 9 heteroatoms. The number of aromatic nitrogens is 4. The van der Waals surface area contributed by atoms with Crippen LogP contribution in [0.4, 0.5) is 11.9 Å². The largest absolute Gasteiger partial charge is 0.378 e. The van der Waals surface area contributed by atoms with E-state index in [9.17, 15) is 0 Å². The van der Waals surface area contributed by atoms with Crippen LogP contribution in [0.25, 0.3) is 11.1 Å². The van der Waals surface area contributed by atoms with Gasteiger partial charge in [-0.15, -0.1) is 0 Å². The highest BCUT2D eigenvalue weighted by molar-refractivity contribution is 6.30. The summed E-state index contributed by atoms with van der Waals surface area (Å²) < 4.78 is 5.46. The minimum Gasteiger partial charge on any atom is -0.378 e. The van der Waals surface area contributed by atoms with E-state index in [0.29, 0.717) is 24.2 Å². The van der Waals surface area contributed by atoms with Crippen LogP contribution in [-0.2, 0) is 11.3 Å². The summed E-state index contributed by atoms with van der Waals surface area (Å²) in [7, 11) is 0. The number of morpholine rings is 1. The van der Waals surface area contributed by atoms with E-state index in [-0.39, 0.29) is 6.04 Å². The molecule has 8 nitrogen and oxygen atoms in total. The molecule has 2 N–H and O–H groups in total. The van der Waals surface area contributed by atoms with Crippen molar-refractivity contribution in [1.29, 1.82) is 0 Å². The number of hydrogen-bond donors (Lipinski definition) is 1. The van der Waals surface area contributed by atoms with E-state index in [2.05, 4.69) is 19.8 Å². The molecule has 0 unspecified atom stereocenters. The lowest BCUT2D eigenvalue weighted by Gasteiger charge is -2.36. The maximum Gasteiger partial charge on any atom is 0.225 e. The molecule has 0 spiro atoms. The van der Waals surface area contributed by atoms with Gasteiger partial charge in [0.1, 0.15) is 0 Å². The number of ether oxygens (including phenoxy) is 1. The average Bonchev–Trinajstić information content (AvgIpc) is 2.86. The lowest BCUT2D eigenvalue weighted by Crippen LogP contribution is -2.38. The van der Waals surface area contributed by atoms with Gasteiger partial charge < -0.3 is 15.4 Å². The molecule has 2 saturated heterocycles. The molecule has 1 aromatic carbocycles. The second kappa shape index (κ2) is 9.99. The van der Waals surface area contributed by atoms with Crippen LogP contribution in [0.2, 0.25) is 5.02 Å². The van der Waals surface area contributed by atoms with Crippen LogP contribution in [0.5, 0.6) is 0 Å². The van der Waals surface area contributed by atoms with Gasteiger partial charge in [-0.25, -0.2) is 19.9 Å². The Morgan fingerprint density at radius 1 is 1.00 bits per heavy atom. The molecule has 3 aromatic rings. The number of piperidine rings is 1. The van der Waals surface area contributed by atoms with Crippen LogP contribution in [-0.4, -0.2) is 57.7 Å². The Labute approximate surface area is 198 Å². The Balaban J connectivity index is 1.43. The van der Waals surface area contributed by atoms with Gasteiger partial charge in [-0.2, -0.15) is 0 Å². The summed E-state index contributed by atoms with van der Waals surface area (Å²) >= 11 is 6.11. The molecule has 2 aromatic heterocycles. The lowest BCUT2D eigenvalue weighted by atomic mass is 9.93. The number of anilines is 2. The summed E-state index contributed by atoms with van der Waals surface area (Å²) in [5.41, 5.74) is 10.0. The highest BCUT2D eigenvalue weighted by Crippen LogP contribution is 2.37. The van der Waals surface area contributed by atoms with Gasteiger partial charge >= 0.3 is 0 Å². The Hall–Kier alpha value is -2.81. The molecular formula is C24H28ClN7O. The molecule has 1 atom stereocenters. The highest BCUT2D eigenvalue weighted by atomic mass is 35.5. The molecule has 0 bridgehead atoms. The van der Waals surface area contributed by atoms with E-state index in [1.54, 1.807) is 0 Å². The average molecular weight is 466 g/mol. The van der Waals surface area contributed by atoms with Gasteiger partial charge in [0.2, 0.25) is 11.9 Å². The standard InChI is InChI=1S/C24H28ClN7O/c25-18-6-4-17(5-7-18)20-15-28-23(26)30-22(20)21-3-1-2-10-32(21)16-19-8-9-27-24(29-19)31-11-13-33-14-12-31/h4-9,15,21H,1-3,10-14,16H2,(H2,26,28,30)/t21-/m1/s1. The van der Waals surface area contributed by atoms with E-state index in [1.807, 2.05) is 42.7 Å². The van der Waals surface area contributed by atoms with Crippen molar-refractivity contribution in [2.45, 2.75) is 31.8 Å². The SMILES string of the molecule is Nc1ncc(-c2ccc(Cl)cc2)c([C@H]2CCCCN2Cc2ccnc(N3CCOCC3)n2)n1. The number of likely N-dealkylation sites (tertiary alicyclic amines) is 1. The quantitative estimate of drug-likeness (QED) is 0.609. The summed E-state index contributed by atoms with van der Waals surface area (Å²) in [6.07, 6.45) is 6.99. The van der Waals surface area contributed by atoms with Crippen LogP contribution < -0.4 is 10.6 Å². The summed E-state index contributed by atoms with van der Waals surface area (Å²) in [6.45, 7) is 4.77. The first-order valence-corrected chi connectivity index (χ1v) is 11.8. The molecule has 5 rings (SSSR count). The molecule has 2 fully saturated rings. The van der Waals surface area contributed by atoms with Crippen LogP contribution in [0.1, 0.15) is 36.7 Å². The van der Waals surface area contributed by atoms with Crippen LogP contribution in [0, 0.1) is 0 Å². The smallest absolute Gasteiger partial charge is 0.225 e. The number of hydrogen-bond acceptors (Lipinski definition) is 8. The first kappa shape index (κ1) is 22.0.